The minimum atomic E-state index is -1.55. The van der Waals surface area contributed by atoms with Gasteiger partial charge in [0.25, 0.3) is 0 Å². The number of nitrogens with zero attached hydrogens (tertiary/aromatic N) is 2. The third kappa shape index (κ3) is 5.40. The Balaban J connectivity index is 0.000000231. The van der Waals surface area contributed by atoms with Crippen molar-refractivity contribution < 1.29 is 28.8 Å². The van der Waals surface area contributed by atoms with Gasteiger partial charge < -0.3 is 9.63 Å². The van der Waals surface area contributed by atoms with Crippen LogP contribution in [0.5, 0.6) is 0 Å². The first-order valence-corrected chi connectivity index (χ1v) is 12.0. The molecule has 3 aromatic rings. The van der Waals surface area contributed by atoms with E-state index in [4.69, 9.17) is 21.2 Å². The average Bonchev–Trinajstić information content (AvgIpc) is 3.35. The fourth-order valence-electron chi connectivity index (χ4n) is 4.59. The number of carbonyl (C=O) groups is 3. The van der Waals surface area contributed by atoms with E-state index in [9.17, 15) is 19.2 Å². The number of aliphatic carboxylic acids is 1. The molecule has 1 aromatic heterocycles. The molecule has 0 bridgehead atoms. The van der Waals surface area contributed by atoms with Crippen molar-refractivity contribution in [1.82, 2.24) is 5.16 Å². The van der Waals surface area contributed by atoms with Gasteiger partial charge in [0.1, 0.15) is 35.1 Å². The summed E-state index contributed by atoms with van der Waals surface area (Å²) in [5.41, 5.74) is 2.46. The lowest BCUT2D eigenvalue weighted by molar-refractivity contribution is -0.137. The zero-order valence-corrected chi connectivity index (χ0v) is 21.8. The number of rotatable bonds is 7. The van der Waals surface area contributed by atoms with Crippen LogP contribution in [0, 0.1) is 6.92 Å². The average molecular weight is 523 g/mol. The molecular formula is C28H27ClN2O6. The number of hydrogen-bond acceptors (Lipinski definition) is 6. The van der Waals surface area contributed by atoms with Crippen LogP contribution in [0.4, 0.5) is 5.69 Å². The van der Waals surface area contributed by atoms with Crippen LogP contribution >= 0.6 is 11.6 Å². The number of aryl methyl sites for hydroxylation is 1. The summed E-state index contributed by atoms with van der Waals surface area (Å²) >= 11 is 6.00. The smallest absolute Gasteiger partial charge is 0.323 e. The molecule has 1 aliphatic rings. The number of aromatic nitrogens is 1. The third-order valence-electron chi connectivity index (χ3n) is 6.31. The fraction of sp³-hybridized carbons (Fsp3) is 0.286. The Morgan fingerprint density at radius 2 is 1.84 bits per heavy atom. The van der Waals surface area contributed by atoms with Gasteiger partial charge in [0.2, 0.25) is 5.91 Å². The lowest BCUT2D eigenvalue weighted by atomic mass is 9.72. The van der Waals surface area contributed by atoms with Gasteiger partial charge in [-0.05, 0) is 51.0 Å². The highest BCUT2D eigenvalue weighted by atomic mass is 35.5. The molecule has 0 saturated heterocycles. The van der Waals surface area contributed by atoms with E-state index in [0.29, 0.717) is 16.3 Å². The van der Waals surface area contributed by atoms with Gasteiger partial charge in [-0.3, -0.25) is 19.3 Å². The van der Waals surface area contributed by atoms with Crippen molar-refractivity contribution in [2.24, 2.45) is 0 Å². The summed E-state index contributed by atoms with van der Waals surface area (Å²) < 4.78 is 5.19. The summed E-state index contributed by atoms with van der Waals surface area (Å²) in [5, 5.41) is 13.5. The monoisotopic (exact) mass is 522 g/mol. The van der Waals surface area contributed by atoms with Crippen molar-refractivity contribution >= 4 is 40.9 Å². The Morgan fingerprint density at radius 3 is 2.41 bits per heavy atom. The number of anilines is 1. The lowest BCUT2D eigenvalue weighted by Gasteiger charge is -2.26. The number of fused-ring (bicyclic) bond motifs is 1. The zero-order valence-electron chi connectivity index (χ0n) is 21.0. The number of carboxylic acids is 1. The van der Waals surface area contributed by atoms with Gasteiger partial charge in [-0.1, -0.05) is 54.0 Å². The highest BCUT2D eigenvalue weighted by Gasteiger charge is 2.53. The third-order valence-corrected chi connectivity index (χ3v) is 6.54. The summed E-state index contributed by atoms with van der Waals surface area (Å²) in [4.78, 5) is 48.1. The molecule has 2 aromatic carbocycles. The van der Waals surface area contributed by atoms with Crippen molar-refractivity contribution in [1.29, 1.82) is 0 Å². The van der Waals surface area contributed by atoms with E-state index in [1.54, 1.807) is 5.94 Å². The molecule has 0 spiro atoms. The lowest BCUT2D eigenvalue weighted by Crippen LogP contribution is -2.44. The molecule has 9 heteroatoms. The molecule has 192 valence electrons. The fourth-order valence-corrected chi connectivity index (χ4v) is 4.76. The molecule has 8 nitrogen and oxygen atoms in total. The van der Waals surface area contributed by atoms with E-state index in [1.807, 2.05) is 25.1 Å². The van der Waals surface area contributed by atoms with Crippen LogP contribution in [0.25, 0.3) is 11.3 Å². The summed E-state index contributed by atoms with van der Waals surface area (Å²) in [7, 11) is 0. The van der Waals surface area contributed by atoms with E-state index in [2.05, 4.69) is 24.2 Å². The Bertz CT molecular complexity index is 1390. The molecule has 1 atom stereocenters. The van der Waals surface area contributed by atoms with E-state index < -0.39 is 23.8 Å². The summed E-state index contributed by atoms with van der Waals surface area (Å²) in [6, 6.07) is 14.7. The Morgan fingerprint density at radius 1 is 1.16 bits per heavy atom. The molecule has 1 unspecified atom stereocenters. The van der Waals surface area contributed by atoms with Gasteiger partial charge in [0.05, 0.1) is 0 Å². The van der Waals surface area contributed by atoms with Gasteiger partial charge in [0.15, 0.2) is 0 Å². The second-order valence-electron chi connectivity index (χ2n) is 8.74. The maximum Gasteiger partial charge on any atom is 0.323 e. The topological polar surface area (TPSA) is 118 Å². The highest BCUT2D eigenvalue weighted by Crippen LogP contribution is 2.48. The molecule has 2 heterocycles. The molecule has 0 fully saturated rings. The molecule has 37 heavy (non-hydrogen) atoms. The number of amides is 1. The Labute approximate surface area is 219 Å². The Hall–Kier alpha value is -4.00. The molecule has 1 N–H and O–H groups in total. The number of ketones is 1. The van der Waals surface area contributed by atoms with Crippen LogP contribution in [0.1, 0.15) is 44.1 Å². The molecule has 4 rings (SSSR count). The minimum Gasteiger partial charge on any atom is -0.480 e. The molecule has 1 amide bonds. The number of Topliss-reactive ketones (excluding diaryl/α,β-unsaturated/α-hetero) is 1. The maximum absolute atomic E-state index is 12.9. The quantitative estimate of drug-likeness (QED) is 0.435. The molecule has 1 aliphatic heterocycles. The van der Waals surface area contributed by atoms with E-state index in [0.717, 1.165) is 28.3 Å². The zero-order chi connectivity index (χ0) is 27.3. The summed E-state index contributed by atoms with van der Waals surface area (Å²) in [6.07, 6.45) is 0.704. The summed E-state index contributed by atoms with van der Waals surface area (Å²) in [6.45, 7) is 6.21. The highest BCUT2D eigenvalue weighted by molar-refractivity contribution is 6.31. The molecule has 0 aliphatic carbocycles. The predicted molar refractivity (Wildman–Crippen MR) is 139 cm³/mol. The number of halogens is 1. The number of carbonyl (C=O) groups excluding carboxylic acids is 3. The van der Waals surface area contributed by atoms with E-state index >= 15 is 0 Å². The number of benzene rings is 2. The van der Waals surface area contributed by atoms with Crippen molar-refractivity contribution in [3.63, 3.8) is 0 Å². The van der Waals surface area contributed by atoms with Crippen LogP contribution in [-0.4, -0.2) is 40.4 Å². The molecule has 0 saturated carbocycles. The standard InChI is InChI=1S/C16H14ClNO5.C12H13NO/c1-9(8-19)16(6-10(2)20)12-5-11(17)3-4-13(12)18(15(16)23)7-14(21)22;1-3-11-9(2)14-13-12(11)10-7-5-4-6-8-10/h3-5H,6-7H2,1-2H3,(H,21,22);4-8H,3H2,1-2H3. The van der Waals surface area contributed by atoms with Crippen molar-refractivity contribution in [3.8, 4) is 11.3 Å². The normalized spacial score (nSPS) is 15.9. The van der Waals surface area contributed by atoms with Gasteiger partial charge >= 0.3 is 5.97 Å². The van der Waals surface area contributed by atoms with Crippen molar-refractivity contribution in [3.05, 3.63) is 76.0 Å². The van der Waals surface area contributed by atoms with Gasteiger partial charge in [-0.2, -0.15) is 0 Å². The largest absolute Gasteiger partial charge is 0.480 e. The molecule has 0 radical (unpaired) electrons. The molecular weight excluding hydrogens is 496 g/mol. The van der Waals surface area contributed by atoms with Crippen molar-refractivity contribution in [2.75, 3.05) is 11.4 Å². The van der Waals surface area contributed by atoms with E-state index in [1.165, 1.54) is 37.6 Å². The first kappa shape index (κ1) is 27.6. The maximum atomic E-state index is 12.9. The number of hydrogen-bond donors (Lipinski definition) is 1. The van der Waals surface area contributed by atoms with Gasteiger partial charge in [0, 0.05) is 33.8 Å². The predicted octanol–water partition coefficient (Wildman–Crippen LogP) is 4.98. The number of carboxylic acid groups (broad SMARTS) is 1. The van der Waals surface area contributed by atoms with Crippen molar-refractivity contribution in [2.45, 2.75) is 46.0 Å². The first-order chi connectivity index (χ1) is 17.6. The van der Waals surface area contributed by atoms with Crippen LogP contribution in [0.15, 0.2) is 58.6 Å². The second-order valence-corrected chi connectivity index (χ2v) is 9.18. The van der Waals surface area contributed by atoms with Gasteiger partial charge in [-0.25, -0.2) is 4.79 Å². The van der Waals surface area contributed by atoms with Crippen LogP contribution in [-0.2, 0) is 31.0 Å². The van der Waals surface area contributed by atoms with Gasteiger partial charge in [-0.15, -0.1) is 0 Å². The van der Waals surface area contributed by atoms with E-state index in [-0.39, 0.29) is 17.8 Å². The van der Waals surface area contributed by atoms with Crippen LogP contribution in [0.2, 0.25) is 5.02 Å². The van der Waals surface area contributed by atoms with Crippen LogP contribution in [0.3, 0.4) is 0 Å². The Kier molecular flexibility index (Phi) is 8.48. The SMILES string of the molecule is CC(=O)CC1(C(C)=C=O)C(=O)N(CC(=O)O)c2ccc(Cl)cc21.CCc1c(-c2ccccc2)noc1C. The minimum absolute atomic E-state index is 0.0223. The van der Waals surface area contributed by atoms with Crippen LogP contribution < -0.4 is 4.90 Å². The second kappa shape index (κ2) is 11.4. The first-order valence-electron chi connectivity index (χ1n) is 11.6. The summed E-state index contributed by atoms with van der Waals surface area (Å²) in [5.74, 6) is 0.473.